The first-order valence-electron chi connectivity index (χ1n) is 13.2. The third-order valence-corrected chi connectivity index (χ3v) is 7.05. The lowest BCUT2D eigenvalue weighted by atomic mass is 9.88. The van der Waals surface area contributed by atoms with Crippen molar-refractivity contribution in [3.8, 4) is 5.75 Å². The standard InChI is InChI=1S/C27H33FN4O.C2H6/c1-4-13-31(2)24-16-21-23(17-22(24)28)29-26(19-9-10-19)30-27(21)32-14-11-18(12-15-32)20-7-5-6-8-25(20)33-3;1-2/h5-8,16-19H,4,9-15H2,1-3H3;1-2H3. The van der Waals surface area contributed by atoms with Crippen molar-refractivity contribution in [3.63, 3.8) is 0 Å². The molecule has 2 heterocycles. The van der Waals surface area contributed by atoms with Gasteiger partial charge in [0.2, 0.25) is 0 Å². The third kappa shape index (κ3) is 5.36. The Morgan fingerprint density at radius 1 is 1.03 bits per heavy atom. The second-order valence-electron chi connectivity index (χ2n) is 9.43. The smallest absolute Gasteiger partial charge is 0.148 e. The first-order chi connectivity index (χ1) is 17.1. The molecule has 1 aliphatic heterocycles. The molecule has 0 radical (unpaired) electrons. The van der Waals surface area contributed by atoms with E-state index in [4.69, 9.17) is 14.7 Å². The maximum Gasteiger partial charge on any atom is 0.148 e. The number of piperidine rings is 1. The Bertz CT molecular complexity index is 1140. The molecule has 0 spiro atoms. The van der Waals surface area contributed by atoms with Crippen molar-refractivity contribution in [2.75, 3.05) is 43.6 Å². The molecule has 5 rings (SSSR count). The van der Waals surface area contributed by atoms with Gasteiger partial charge in [-0.15, -0.1) is 0 Å². The Morgan fingerprint density at radius 2 is 1.74 bits per heavy atom. The Morgan fingerprint density at radius 3 is 2.40 bits per heavy atom. The van der Waals surface area contributed by atoms with Gasteiger partial charge < -0.3 is 14.5 Å². The Labute approximate surface area is 209 Å². The zero-order valence-corrected chi connectivity index (χ0v) is 21.9. The number of halogens is 1. The van der Waals surface area contributed by atoms with Crippen LogP contribution in [-0.2, 0) is 0 Å². The highest BCUT2D eigenvalue weighted by Gasteiger charge is 2.30. The van der Waals surface area contributed by atoms with Crippen LogP contribution in [0.5, 0.6) is 5.75 Å². The van der Waals surface area contributed by atoms with E-state index in [1.54, 1.807) is 13.2 Å². The molecule has 0 amide bonds. The van der Waals surface area contributed by atoms with E-state index in [0.29, 0.717) is 17.5 Å². The van der Waals surface area contributed by atoms with Gasteiger partial charge in [0.15, 0.2) is 0 Å². The molecule has 1 saturated carbocycles. The Hall–Kier alpha value is -2.89. The van der Waals surface area contributed by atoms with Gasteiger partial charge in [-0.1, -0.05) is 39.0 Å². The summed E-state index contributed by atoms with van der Waals surface area (Å²) in [4.78, 5) is 14.2. The summed E-state index contributed by atoms with van der Waals surface area (Å²) in [5.74, 6) is 3.49. The molecule has 5 nitrogen and oxygen atoms in total. The van der Waals surface area contributed by atoms with Crippen LogP contribution in [0.1, 0.15) is 76.1 Å². The molecule has 0 N–H and O–H groups in total. The van der Waals surface area contributed by atoms with Gasteiger partial charge in [-0.3, -0.25) is 0 Å². The summed E-state index contributed by atoms with van der Waals surface area (Å²) in [7, 11) is 3.69. The quantitative estimate of drug-likeness (QED) is 0.369. The topological polar surface area (TPSA) is 41.5 Å². The van der Waals surface area contributed by atoms with Crippen LogP contribution in [0.4, 0.5) is 15.9 Å². The van der Waals surface area contributed by atoms with Gasteiger partial charge in [0.05, 0.1) is 18.3 Å². The van der Waals surface area contributed by atoms with Crippen LogP contribution in [0.15, 0.2) is 36.4 Å². The first-order valence-corrected chi connectivity index (χ1v) is 13.2. The fourth-order valence-electron chi connectivity index (χ4n) is 5.06. The molecule has 2 aromatic carbocycles. The summed E-state index contributed by atoms with van der Waals surface area (Å²) in [5, 5.41) is 0.953. The van der Waals surface area contributed by atoms with E-state index in [-0.39, 0.29) is 5.82 Å². The molecular weight excluding hydrogens is 439 g/mol. The van der Waals surface area contributed by atoms with Crippen molar-refractivity contribution in [1.29, 1.82) is 0 Å². The molecular formula is C29H39FN4O. The van der Waals surface area contributed by atoms with Crippen molar-refractivity contribution in [2.45, 2.75) is 64.7 Å². The number of para-hydroxylation sites is 1. The van der Waals surface area contributed by atoms with Crippen LogP contribution >= 0.6 is 0 Å². The van der Waals surface area contributed by atoms with Gasteiger partial charge in [0.1, 0.15) is 23.2 Å². The van der Waals surface area contributed by atoms with E-state index in [9.17, 15) is 4.39 Å². The van der Waals surface area contributed by atoms with Gasteiger partial charge in [-0.2, -0.15) is 0 Å². The summed E-state index contributed by atoms with van der Waals surface area (Å²) < 4.78 is 20.6. The van der Waals surface area contributed by atoms with Gasteiger partial charge in [-0.05, 0) is 55.7 Å². The zero-order chi connectivity index (χ0) is 24.9. The van der Waals surface area contributed by atoms with Crippen LogP contribution in [0.2, 0.25) is 0 Å². The normalized spacial score (nSPS) is 16.1. The van der Waals surface area contributed by atoms with Gasteiger partial charge in [0.25, 0.3) is 0 Å². The van der Waals surface area contributed by atoms with Crippen LogP contribution < -0.4 is 14.5 Å². The summed E-state index contributed by atoms with van der Waals surface area (Å²) in [6, 6.07) is 11.9. The van der Waals surface area contributed by atoms with Gasteiger partial charge in [0, 0.05) is 44.1 Å². The van der Waals surface area contributed by atoms with Crippen molar-refractivity contribution in [2.24, 2.45) is 0 Å². The third-order valence-electron chi connectivity index (χ3n) is 7.05. The number of fused-ring (bicyclic) bond motifs is 1. The van der Waals surface area contributed by atoms with Gasteiger partial charge >= 0.3 is 0 Å². The van der Waals surface area contributed by atoms with E-state index >= 15 is 0 Å². The molecule has 2 fully saturated rings. The highest BCUT2D eigenvalue weighted by molar-refractivity contribution is 5.92. The molecule has 3 aromatic rings. The summed E-state index contributed by atoms with van der Waals surface area (Å²) in [6.07, 6.45) is 5.29. The summed E-state index contributed by atoms with van der Waals surface area (Å²) >= 11 is 0. The van der Waals surface area contributed by atoms with Crippen molar-refractivity contribution >= 4 is 22.4 Å². The highest BCUT2D eigenvalue weighted by Crippen LogP contribution is 2.42. The number of methoxy groups -OCH3 is 1. The number of aromatic nitrogens is 2. The summed E-state index contributed by atoms with van der Waals surface area (Å²) in [6.45, 7) is 8.74. The molecule has 188 valence electrons. The maximum atomic E-state index is 15.0. The molecule has 0 unspecified atom stereocenters. The van der Waals surface area contributed by atoms with E-state index < -0.39 is 0 Å². The number of nitrogens with zero attached hydrogens (tertiary/aromatic N) is 4. The zero-order valence-electron chi connectivity index (χ0n) is 21.9. The molecule has 0 bridgehead atoms. The lowest BCUT2D eigenvalue weighted by Crippen LogP contribution is -2.34. The minimum Gasteiger partial charge on any atom is -0.496 e. The summed E-state index contributed by atoms with van der Waals surface area (Å²) in [5.41, 5.74) is 2.63. The SMILES string of the molecule is CC.CCCN(C)c1cc2c(N3CCC(c4ccccc4OC)CC3)nc(C3CC3)nc2cc1F. The average Bonchev–Trinajstić information content (AvgIpc) is 3.75. The van der Waals surface area contributed by atoms with Crippen LogP contribution in [0, 0.1) is 5.82 Å². The molecule has 1 aliphatic carbocycles. The van der Waals surface area contributed by atoms with Crippen LogP contribution in [0.25, 0.3) is 10.9 Å². The predicted molar refractivity (Wildman–Crippen MR) is 144 cm³/mol. The van der Waals surface area contributed by atoms with Crippen molar-refractivity contribution in [1.82, 2.24) is 9.97 Å². The Kier molecular flexibility index (Phi) is 8.09. The molecule has 1 aromatic heterocycles. The second kappa shape index (κ2) is 11.2. The van der Waals surface area contributed by atoms with E-state index in [1.807, 2.05) is 44.0 Å². The molecule has 2 aliphatic rings. The van der Waals surface area contributed by atoms with Crippen LogP contribution in [0.3, 0.4) is 0 Å². The minimum absolute atomic E-state index is 0.209. The average molecular weight is 479 g/mol. The highest BCUT2D eigenvalue weighted by atomic mass is 19.1. The number of rotatable bonds is 7. The van der Waals surface area contributed by atoms with Crippen molar-refractivity contribution in [3.05, 3.63) is 53.6 Å². The first kappa shape index (κ1) is 25.2. The number of anilines is 2. The number of hydrogen-bond donors (Lipinski definition) is 0. The van der Waals surface area contributed by atoms with E-state index in [2.05, 4.69) is 24.0 Å². The molecule has 0 atom stereocenters. The van der Waals surface area contributed by atoms with E-state index in [0.717, 1.165) is 80.0 Å². The molecule has 35 heavy (non-hydrogen) atoms. The largest absolute Gasteiger partial charge is 0.496 e. The minimum atomic E-state index is -0.209. The van der Waals surface area contributed by atoms with Crippen LogP contribution in [-0.4, -0.2) is 43.8 Å². The number of hydrogen-bond acceptors (Lipinski definition) is 5. The fraction of sp³-hybridized carbons (Fsp3) is 0.517. The fourth-order valence-corrected chi connectivity index (χ4v) is 5.06. The second-order valence-corrected chi connectivity index (χ2v) is 9.43. The maximum absolute atomic E-state index is 15.0. The van der Waals surface area contributed by atoms with E-state index in [1.165, 1.54) is 5.56 Å². The lowest BCUT2D eigenvalue weighted by Gasteiger charge is -2.34. The molecule has 6 heteroatoms. The lowest BCUT2D eigenvalue weighted by molar-refractivity contribution is 0.397. The number of benzene rings is 2. The van der Waals surface area contributed by atoms with Gasteiger partial charge in [-0.25, -0.2) is 14.4 Å². The number of ether oxygens (including phenoxy) is 1. The molecule has 1 saturated heterocycles. The Balaban J connectivity index is 0.00000141. The predicted octanol–water partition coefficient (Wildman–Crippen LogP) is 6.91. The van der Waals surface area contributed by atoms with Crippen molar-refractivity contribution < 1.29 is 9.13 Å². The monoisotopic (exact) mass is 478 g/mol.